The van der Waals surface area contributed by atoms with Gasteiger partial charge in [-0.25, -0.2) is 4.79 Å². The molecule has 0 bridgehead atoms. The number of ether oxygens (including phenoxy) is 2. The fourth-order valence-corrected chi connectivity index (χ4v) is 2.31. The minimum absolute atomic E-state index is 0.215. The lowest BCUT2D eigenvalue weighted by Crippen LogP contribution is -2.55. The van der Waals surface area contributed by atoms with Crippen molar-refractivity contribution >= 4 is 18.0 Å². The van der Waals surface area contributed by atoms with Crippen LogP contribution in [0.15, 0.2) is 12.3 Å². The van der Waals surface area contributed by atoms with Gasteiger partial charge in [0.15, 0.2) is 0 Å². The predicted octanol–water partition coefficient (Wildman–Crippen LogP) is 2.52. The molecule has 2 atom stereocenters. The maximum absolute atomic E-state index is 12.6. The van der Waals surface area contributed by atoms with Gasteiger partial charge >= 0.3 is 18.0 Å². The molecular weight excluding hydrogens is 340 g/mol. The molecule has 0 heterocycles. The number of amides is 1. The minimum atomic E-state index is -1.26. The van der Waals surface area contributed by atoms with Gasteiger partial charge < -0.3 is 20.3 Å². The van der Waals surface area contributed by atoms with Crippen LogP contribution < -0.4 is 5.73 Å². The zero-order valence-corrected chi connectivity index (χ0v) is 16.5. The number of hydrogen-bond donors (Lipinski definition) is 2. The van der Waals surface area contributed by atoms with Crippen LogP contribution in [0.4, 0.5) is 4.79 Å². The van der Waals surface area contributed by atoms with Gasteiger partial charge in [-0.1, -0.05) is 19.9 Å². The Balaban J connectivity index is 5.35. The van der Waals surface area contributed by atoms with E-state index in [0.29, 0.717) is 12.8 Å². The third kappa shape index (κ3) is 8.84. The number of methoxy groups -OCH3 is 1. The van der Waals surface area contributed by atoms with E-state index in [4.69, 9.17) is 10.5 Å². The predicted molar refractivity (Wildman–Crippen MR) is 97.3 cm³/mol. The van der Waals surface area contributed by atoms with Gasteiger partial charge in [-0.3, -0.25) is 14.5 Å². The van der Waals surface area contributed by atoms with Crippen molar-refractivity contribution in [3.8, 4) is 0 Å². The molecule has 0 radical (unpaired) electrons. The van der Waals surface area contributed by atoms with E-state index in [1.807, 2.05) is 0 Å². The van der Waals surface area contributed by atoms with Crippen LogP contribution in [0.2, 0.25) is 0 Å². The Hall–Kier alpha value is -2.09. The summed E-state index contributed by atoms with van der Waals surface area (Å²) in [6, 6.07) is -2.04. The molecule has 0 aromatic carbocycles. The van der Waals surface area contributed by atoms with E-state index in [2.05, 4.69) is 4.74 Å². The van der Waals surface area contributed by atoms with Gasteiger partial charge in [0.2, 0.25) is 0 Å². The summed E-state index contributed by atoms with van der Waals surface area (Å²) in [6.07, 6.45) is 3.83. The number of carbonyl (C=O) groups excluding carboxylic acids is 2. The van der Waals surface area contributed by atoms with Crippen LogP contribution in [-0.4, -0.2) is 52.8 Å². The summed E-state index contributed by atoms with van der Waals surface area (Å²) in [6.45, 7) is 8.76. The molecule has 3 N–H and O–H groups in total. The second kappa shape index (κ2) is 10.8. The molecule has 0 rings (SSSR count). The lowest BCUT2D eigenvalue weighted by molar-refractivity contribution is -0.141. The highest BCUT2D eigenvalue weighted by atomic mass is 16.6. The first-order valence-corrected chi connectivity index (χ1v) is 8.64. The molecule has 0 saturated carbocycles. The number of nitrogens with two attached hydrogens (primary N) is 1. The van der Waals surface area contributed by atoms with Crippen LogP contribution in [0, 0.1) is 5.92 Å². The van der Waals surface area contributed by atoms with Crippen LogP contribution in [0.3, 0.4) is 0 Å². The zero-order chi connectivity index (χ0) is 20.5. The summed E-state index contributed by atoms with van der Waals surface area (Å²) in [5.41, 5.74) is 5.07. The van der Waals surface area contributed by atoms with Gasteiger partial charge in [0, 0.05) is 12.6 Å². The Morgan fingerprint density at radius 3 is 2.23 bits per heavy atom. The second-order valence-corrected chi connectivity index (χ2v) is 7.34. The number of carboxylic acid groups (broad SMARTS) is 1. The van der Waals surface area contributed by atoms with E-state index in [1.54, 1.807) is 40.7 Å². The number of unbranched alkanes of at least 4 members (excludes halogenated alkanes) is 1. The first kappa shape index (κ1) is 23.9. The molecular formula is C18H32N2O6. The summed E-state index contributed by atoms with van der Waals surface area (Å²) >= 11 is 0. The molecule has 0 aliphatic rings. The van der Waals surface area contributed by atoms with Gasteiger partial charge in [0.25, 0.3) is 0 Å². The van der Waals surface area contributed by atoms with Crippen molar-refractivity contribution in [1.29, 1.82) is 0 Å². The van der Waals surface area contributed by atoms with Gasteiger partial charge in [0.05, 0.1) is 13.2 Å². The number of rotatable bonds is 9. The number of nitrogens with zero attached hydrogens (tertiary/aromatic N) is 1. The summed E-state index contributed by atoms with van der Waals surface area (Å²) in [7, 11) is 1.32. The SMILES string of the molecule is COC(=O)CCCC=CN(C(=O)OC(C)(C)C)C(C(C)C)[C@H](N)C(=O)O. The van der Waals surface area contributed by atoms with Crippen LogP contribution >= 0.6 is 0 Å². The van der Waals surface area contributed by atoms with Crippen LogP contribution in [0.25, 0.3) is 0 Å². The topological polar surface area (TPSA) is 119 Å². The Morgan fingerprint density at radius 2 is 1.81 bits per heavy atom. The van der Waals surface area contributed by atoms with Gasteiger partial charge in [0.1, 0.15) is 11.6 Å². The molecule has 1 amide bonds. The van der Waals surface area contributed by atoms with Crippen molar-refractivity contribution in [2.45, 2.75) is 71.6 Å². The van der Waals surface area contributed by atoms with Crippen molar-refractivity contribution in [2.24, 2.45) is 11.7 Å². The number of esters is 1. The highest BCUT2D eigenvalue weighted by Gasteiger charge is 2.36. The van der Waals surface area contributed by atoms with E-state index in [9.17, 15) is 19.5 Å². The fraction of sp³-hybridized carbons (Fsp3) is 0.722. The molecule has 1 unspecified atom stereocenters. The van der Waals surface area contributed by atoms with Gasteiger partial charge in [-0.15, -0.1) is 0 Å². The quantitative estimate of drug-likeness (QED) is 0.471. The molecule has 0 aromatic heterocycles. The van der Waals surface area contributed by atoms with Gasteiger partial charge in [-0.05, 0) is 39.5 Å². The molecule has 150 valence electrons. The normalized spacial score (nSPS) is 14.2. The Kier molecular flexibility index (Phi) is 9.93. The molecule has 0 fully saturated rings. The number of hydrogen-bond acceptors (Lipinski definition) is 6. The lowest BCUT2D eigenvalue weighted by Gasteiger charge is -2.35. The number of carboxylic acids is 1. The van der Waals surface area contributed by atoms with Crippen molar-refractivity contribution in [3.05, 3.63) is 12.3 Å². The van der Waals surface area contributed by atoms with E-state index in [0.717, 1.165) is 0 Å². The van der Waals surface area contributed by atoms with E-state index >= 15 is 0 Å². The number of carbonyl (C=O) groups is 3. The fourth-order valence-electron chi connectivity index (χ4n) is 2.31. The molecule has 0 spiro atoms. The molecule has 8 nitrogen and oxygen atoms in total. The van der Waals surface area contributed by atoms with Crippen molar-refractivity contribution in [3.63, 3.8) is 0 Å². The van der Waals surface area contributed by atoms with E-state index in [1.165, 1.54) is 18.2 Å². The van der Waals surface area contributed by atoms with Crippen LogP contribution in [0.1, 0.15) is 53.9 Å². The van der Waals surface area contributed by atoms with E-state index < -0.39 is 29.7 Å². The van der Waals surface area contributed by atoms with Crippen molar-refractivity contribution in [2.75, 3.05) is 7.11 Å². The smallest absolute Gasteiger partial charge is 0.414 e. The second-order valence-electron chi connectivity index (χ2n) is 7.34. The molecule has 0 aliphatic heterocycles. The maximum Gasteiger partial charge on any atom is 0.414 e. The first-order chi connectivity index (χ1) is 11.9. The molecule has 0 aromatic rings. The summed E-state index contributed by atoms with van der Waals surface area (Å²) in [5, 5.41) is 9.28. The largest absolute Gasteiger partial charge is 0.480 e. The number of allylic oxidation sites excluding steroid dienone is 1. The summed E-state index contributed by atoms with van der Waals surface area (Å²) < 4.78 is 9.96. The van der Waals surface area contributed by atoms with Crippen LogP contribution in [-0.2, 0) is 19.1 Å². The molecule has 0 saturated heterocycles. The van der Waals surface area contributed by atoms with E-state index in [-0.39, 0.29) is 18.3 Å². The third-order valence-corrected chi connectivity index (χ3v) is 3.51. The Labute approximate surface area is 155 Å². The average molecular weight is 372 g/mol. The molecule has 8 heteroatoms. The van der Waals surface area contributed by atoms with Crippen molar-refractivity contribution in [1.82, 2.24) is 4.90 Å². The highest BCUT2D eigenvalue weighted by molar-refractivity contribution is 5.77. The molecule has 0 aliphatic carbocycles. The van der Waals surface area contributed by atoms with Crippen molar-refractivity contribution < 1.29 is 29.0 Å². The molecule has 26 heavy (non-hydrogen) atoms. The standard InChI is InChI=1S/C18H32N2O6/c1-12(2)15(14(19)16(22)23)20(17(24)26-18(3,4)5)11-9-7-8-10-13(21)25-6/h9,11-12,14-15H,7-8,10,19H2,1-6H3,(H,22,23)/t14-,15?/m0/s1. The monoisotopic (exact) mass is 372 g/mol. The summed E-state index contributed by atoms with van der Waals surface area (Å²) in [5.74, 6) is -1.72. The average Bonchev–Trinajstić information content (AvgIpc) is 2.50. The third-order valence-electron chi connectivity index (χ3n) is 3.51. The van der Waals surface area contributed by atoms with Gasteiger partial charge in [-0.2, -0.15) is 0 Å². The minimum Gasteiger partial charge on any atom is -0.480 e. The highest BCUT2D eigenvalue weighted by Crippen LogP contribution is 2.19. The summed E-state index contributed by atoms with van der Waals surface area (Å²) in [4.78, 5) is 36.3. The Morgan fingerprint density at radius 1 is 1.23 bits per heavy atom. The first-order valence-electron chi connectivity index (χ1n) is 8.64. The Bertz CT molecular complexity index is 510. The number of aliphatic carboxylic acids is 1. The zero-order valence-electron chi connectivity index (χ0n) is 16.5. The lowest BCUT2D eigenvalue weighted by atomic mass is 9.95. The maximum atomic E-state index is 12.6. The van der Waals surface area contributed by atoms with Crippen LogP contribution in [0.5, 0.6) is 0 Å².